The number of hydrogen-bond acceptors (Lipinski definition) is 6. The quantitative estimate of drug-likeness (QED) is 0.587. The van der Waals surface area contributed by atoms with Crippen LogP contribution in [0.15, 0.2) is 58.2 Å². The summed E-state index contributed by atoms with van der Waals surface area (Å²) in [7, 11) is -2.02. The van der Waals surface area contributed by atoms with E-state index >= 15 is 0 Å². The second kappa shape index (κ2) is 9.40. The molecule has 32 heavy (non-hydrogen) atoms. The van der Waals surface area contributed by atoms with Gasteiger partial charge in [0.15, 0.2) is 0 Å². The number of piperazine rings is 1. The molecule has 1 aromatic heterocycles. The largest absolute Gasteiger partial charge is 0.497 e. The third-order valence-corrected chi connectivity index (χ3v) is 7.83. The van der Waals surface area contributed by atoms with E-state index < -0.39 is 10.0 Å². The van der Waals surface area contributed by atoms with Crippen LogP contribution in [-0.2, 0) is 10.0 Å². The van der Waals surface area contributed by atoms with Crippen molar-refractivity contribution in [3.63, 3.8) is 0 Å². The molecule has 8 nitrogen and oxygen atoms in total. The van der Waals surface area contributed by atoms with Gasteiger partial charge in [0.05, 0.1) is 29.0 Å². The highest BCUT2D eigenvalue weighted by Crippen LogP contribution is 2.27. The molecule has 0 radical (unpaired) electrons. The highest BCUT2D eigenvalue weighted by Gasteiger charge is 2.32. The van der Waals surface area contributed by atoms with Crippen molar-refractivity contribution in [2.24, 2.45) is 0 Å². The number of benzene rings is 2. The normalized spacial score (nSPS) is 16.8. The molecule has 1 unspecified atom stereocenters. The lowest BCUT2D eigenvalue weighted by Crippen LogP contribution is -2.49. The Labute approximate surface area is 187 Å². The molecule has 4 rings (SSSR count). The molecule has 1 N–H and O–H groups in total. The fourth-order valence-electron chi connectivity index (χ4n) is 4.18. The first kappa shape index (κ1) is 22.4. The molecule has 0 spiro atoms. The van der Waals surface area contributed by atoms with Crippen molar-refractivity contribution in [1.82, 2.24) is 19.2 Å². The van der Waals surface area contributed by atoms with Crippen LogP contribution in [0.25, 0.3) is 10.9 Å². The Morgan fingerprint density at radius 1 is 1.06 bits per heavy atom. The second-order valence-corrected chi connectivity index (χ2v) is 9.83. The minimum absolute atomic E-state index is 0.0665. The van der Waals surface area contributed by atoms with E-state index in [2.05, 4.69) is 16.8 Å². The predicted octanol–water partition coefficient (Wildman–Crippen LogP) is 2.78. The molecule has 1 saturated heterocycles. The van der Waals surface area contributed by atoms with E-state index in [9.17, 15) is 13.2 Å². The highest BCUT2D eigenvalue weighted by atomic mass is 32.2. The highest BCUT2D eigenvalue weighted by molar-refractivity contribution is 7.89. The Morgan fingerprint density at radius 3 is 2.41 bits per heavy atom. The number of nitrogens with zero attached hydrogens (tertiary/aromatic N) is 3. The maximum Gasteiger partial charge on any atom is 0.258 e. The van der Waals surface area contributed by atoms with E-state index in [1.807, 2.05) is 18.2 Å². The Balaban J connectivity index is 1.53. The maximum atomic E-state index is 13.1. The Kier molecular flexibility index (Phi) is 6.59. The van der Waals surface area contributed by atoms with Crippen LogP contribution in [0.4, 0.5) is 0 Å². The summed E-state index contributed by atoms with van der Waals surface area (Å²) in [5, 5.41) is 0.571. The zero-order valence-corrected chi connectivity index (χ0v) is 19.1. The number of ether oxygens (including phenoxy) is 1. The summed E-state index contributed by atoms with van der Waals surface area (Å²) < 4.78 is 32.8. The lowest BCUT2D eigenvalue weighted by Gasteiger charge is -2.38. The minimum Gasteiger partial charge on any atom is -0.497 e. The summed E-state index contributed by atoms with van der Waals surface area (Å²) in [6.07, 6.45) is 1.75. The summed E-state index contributed by atoms with van der Waals surface area (Å²) in [6, 6.07) is 13.7. The summed E-state index contributed by atoms with van der Waals surface area (Å²) in [6.45, 7) is 3.99. The SMILES string of the molecule is CCCC(c1nc2ccccc2c(=O)[nH]1)N1CCN(S(=O)(=O)c2ccc(OC)cc2)CC1. The lowest BCUT2D eigenvalue weighted by molar-refractivity contribution is 0.125. The Hall–Kier alpha value is -2.75. The molecule has 0 saturated carbocycles. The molecule has 2 aromatic carbocycles. The van der Waals surface area contributed by atoms with Crippen LogP contribution in [-0.4, -0.2) is 60.9 Å². The molecule has 1 aliphatic heterocycles. The summed E-state index contributed by atoms with van der Waals surface area (Å²) >= 11 is 0. The minimum atomic E-state index is -3.57. The fourth-order valence-corrected chi connectivity index (χ4v) is 5.60. The average Bonchev–Trinajstić information content (AvgIpc) is 2.82. The van der Waals surface area contributed by atoms with E-state index in [-0.39, 0.29) is 16.5 Å². The molecular weight excluding hydrogens is 428 g/mol. The number of aromatic amines is 1. The van der Waals surface area contributed by atoms with Crippen molar-refractivity contribution < 1.29 is 13.2 Å². The number of nitrogens with one attached hydrogen (secondary N) is 1. The van der Waals surface area contributed by atoms with Gasteiger partial charge in [-0.3, -0.25) is 9.69 Å². The maximum absolute atomic E-state index is 13.1. The van der Waals surface area contributed by atoms with E-state index in [1.54, 1.807) is 37.4 Å². The van der Waals surface area contributed by atoms with E-state index in [1.165, 1.54) is 4.31 Å². The summed E-state index contributed by atoms with van der Waals surface area (Å²) in [4.78, 5) is 22.7. The first-order valence-electron chi connectivity index (χ1n) is 10.8. The van der Waals surface area contributed by atoms with Crippen LogP contribution in [0.2, 0.25) is 0 Å². The molecule has 9 heteroatoms. The van der Waals surface area contributed by atoms with E-state index in [0.717, 1.165) is 12.8 Å². The monoisotopic (exact) mass is 456 g/mol. The zero-order chi connectivity index (χ0) is 22.7. The van der Waals surface area contributed by atoms with Crippen molar-refractivity contribution in [2.45, 2.75) is 30.7 Å². The van der Waals surface area contributed by atoms with Gasteiger partial charge >= 0.3 is 0 Å². The molecular formula is C23H28N4O4S. The number of para-hydroxylation sites is 1. The number of aromatic nitrogens is 2. The van der Waals surface area contributed by atoms with Gasteiger partial charge < -0.3 is 9.72 Å². The summed E-state index contributed by atoms with van der Waals surface area (Å²) in [5.41, 5.74) is 0.528. The van der Waals surface area contributed by atoms with Gasteiger partial charge in [-0.05, 0) is 42.8 Å². The van der Waals surface area contributed by atoms with Crippen molar-refractivity contribution >= 4 is 20.9 Å². The Bertz CT molecular complexity index is 1230. The van der Waals surface area contributed by atoms with Gasteiger partial charge in [0, 0.05) is 26.2 Å². The van der Waals surface area contributed by atoms with E-state index in [4.69, 9.17) is 9.72 Å². The topological polar surface area (TPSA) is 95.6 Å². The first-order valence-corrected chi connectivity index (χ1v) is 12.2. The van der Waals surface area contributed by atoms with Gasteiger partial charge in [0.1, 0.15) is 11.6 Å². The molecule has 170 valence electrons. The molecule has 1 aliphatic rings. The molecule has 3 aromatic rings. The van der Waals surface area contributed by atoms with Crippen LogP contribution in [0.5, 0.6) is 5.75 Å². The van der Waals surface area contributed by atoms with Crippen LogP contribution in [0.3, 0.4) is 0 Å². The number of fused-ring (bicyclic) bond motifs is 1. The lowest BCUT2D eigenvalue weighted by atomic mass is 10.1. The molecule has 2 heterocycles. The van der Waals surface area contributed by atoms with Crippen LogP contribution in [0, 0.1) is 0 Å². The van der Waals surface area contributed by atoms with Crippen molar-refractivity contribution in [3.05, 3.63) is 64.7 Å². The van der Waals surface area contributed by atoms with Crippen LogP contribution >= 0.6 is 0 Å². The van der Waals surface area contributed by atoms with Crippen molar-refractivity contribution in [2.75, 3.05) is 33.3 Å². The Morgan fingerprint density at radius 2 is 1.75 bits per heavy atom. The van der Waals surface area contributed by atoms with Gasteiger partial charge in [-0.15, -0.1) is 0 Å². The zero-order valence-electron chi connectivity index (χ0n) is 18.3. The van der Waals surface area contributed by atoms with E-state index in [0.29, 0.717) is 48.7 Å². The number of rotatable bonds is 7. The third-order valence-electron chi connectivity index (χ3n) is 5.92. The molecule has 1 fully saturated rings. The van der Waals surface area contributed by atoms with Gasteiger partial charge in [-0.1, -0.05) is 25.5 Å². The predicted molar refractivity (Wildman–Crippen MR) is 123 cm³/mol. The van der Waals surface area contributed by atoms with Crippen molar-refractivity contribution in [3.8, 4) is 5.75 Å². The molecule has 0 aliphatic carbocycles. The molecule has 1 atom stereocenters. The van der Waals surface area contributed by atoms with Gasteiger partial charge in [-0.2, -0.15) is 4.31 Å². The van der Waals surface area contributed by atoms with Crippen LogP contribution in [0.1, 0.15) is 31.6 Å². The van der Waals surface area contributed by atoms with Gasteiger partial charge in [0.25, 0.3) is 5.56 Å². The summed E-state index contributed by atoms with van der Waals surface area (Å²) in [5.74, 6) is 1.26. The van der Waals surface area contributed by atoms with Crippen molar-refractivity contribution in [1.29, 1.82) is 0 Å². The number of hydrogen-bond donors (Lipinski definition) is 1. The van der Waals surface area contributed by atoms with Gasteiger partial charge in [-0.25, -0.2) is 13.4 Å². The molecule has 0 amide bonds. The number of H-pyrrole nitrogens is 1. The second-order valence-electron chi connectivity index (χ2n) is 7.89. The molecule has 0 bridgehead atoms. The first-order chi connectivity index (χ1) is 15.4. The number of sulfonamides is 1. The average molecular weight is 457 g/mol. The van der Waals surface area contributed by atoms with Gasteiger partial charge in [0.2, 0.25) is 10.0 Å². The third kappa shape index (κ3) is 4.41. The van der Waals surface area contributed by atoms with Crippen LogP contribution < -0.4 is 10.3 Å². The fraction of sp³-hybridized carbons (Fsp3) is 0.391. The number of methoxy groups -OCH3 is 1. The smallest absolute Gasteiger partial charge is 0.258 e. The standard InChI is InChI=1S/C23H28N4O4S/c1-3-6-21(22-24-20-8-5-4-7-19(20)23(28)25-22)26-13-15-27(16-14-26)32(29,30)18-11-9-17(31-2)10-12-18/h4-5,7-12,21H,3,6,13-16H2,1-2H3,(H,24,25,28).